The summed E-state index contributed by atoms with van der Waals surface area (Å²) >= 11 is 5.60. The van der Waals surface area contributed by atoms with Crippen LogP contribution in [0.5, 0.6) is 11.5 Å². The van der Waals surface area contributed by atoms with Crippen molar-refractivity contribution in [3.05, 3.63) is 96.9 Å². The van der Waals surface area contributed by atoms with E-state index in [1.54, 1.807) is 73.7 Å². The van der Waals surface area contributed by atoms with Crippen molar-refractivity contribution in [3.8, 4) is 11.5 Å². The zero-order valence-electron chi connectivity index (χ0n) is 24.4. The van der Waals surface area contributed by atoms with Crippen LogP contribution in [-0.2, 0) is 19.1 Å². The number of benzene rings is 3. The Morgan fingerprint density at radius 1 is 0.978 bits per heavy atom. The second kappa shape index (κ2) is 13.1. The normalized spacial score (nSPS) is 18.5. The van der Waals surface area contributed by atoms with Crippen LogP contribution in [-0.4, -0.2) is 54.2 Å². The molecule has 236 valence electrons. The van der Waals surface area contributed by atoms with E-state index in [1.807, 2.05) is 0 Å². The second-order valence-corrected chi connectivity index (χ2v) is 13.4. The molecule has 2 aliphatic heterocycles. The number of hydrogen-bond acceptors (Lipinski definition) is 10. The third-order valence-electron chi connectivity index (χ3n) is 7.49. The van der Waals surface area contributed by atoms with Crippen molar-refractivity contribution in [1.29, 1.82) is 0 Å². The number of nitrogens with zero attached hydrogens (tertiary/aromatic N) is 1. The molecule has 3 heterocycles. The van der Waals surface area contributed by atoms with Crippen LogP contribution in [0.1, 0.15) is 33.6 Å². The van der Waals surface area contributed by atoms with Crippen LogP contribution in [0.25, 0.3) is 0 Å². The number of thiazole rings is 1. The van der Waals surface area contributed by atoms with Crippen LogP contribution >= 0.6 is 39.0 Å². The minimum Gasteiger partial charge on any atom is -0.493 e. The predicted molar refractivity (Wildman–Crippen MR) is 176 cm³/mol. The van der Waals surface area contributed by atoms with Crippen LogP contribution < -0.4 is 24.6 Å². The van der Waals surface area contributed by atoms with Crippen molar-refractivity contribution in [2.45, 2.75) is 23.1 Å². The van der Waals surface area contributed by atoms with Gasteiger partial charge in [0.1, 0.15) is 5.25 Å². The smallest absolute Gasteiger partial charge is 0.338 e. The number of methoxy groups -OCH3 is 1. The average molecular weight is 725 g/mol. The molecule has 2 N–H and O–H groups in total. The molecule has 0 spiro atoms. The van der Waals surface area contributed by atoms with Crippen LogP contribution in [0.3, 0.4) is 0 Å². The number of esters is 1. The molecule has 1 saturated heterocycles. The molecule has 0 radical (unpaired) electrons. The number of nitrogens with one attached hydrogen (secondary N) is 2. The first kappa shape index (κ1) is 31.6. The highest BCUT2D eigenvalue weighted by atomic mass is 79.9. The van der Waals surface area contributed by atoms with Crippen LogP contribution in [0.2, 0.25) is 0 Å². The first-order valence-corrected chi connectivity index (χ1v) is 16.6. The van der Waals surface area contributed by atoms with Gasteiger partial charge in [-0.3, -0.25) is 19.2 Å². The number of anilines is 2. The fourth-order valence-corrected chi connectivity index (χ4v) is 8.24. The van der Waals surface area contributed by atoms with Gasteiger partial charge >= 0.3 is 10.8 Å². The van der Waals surface area contributed by atoms with Gasteiger partial charge in [0, 0.05) is 21.0 Å². The largest absolute Gasteiger partial charge is 0.493 e. The number of fused-ring (bicyclic) bond motifs is 2. The number of hydrogen-bond donors (Lipinski definition) is 2. The molecule has 46 heavy (non-hydrogen) atoms. The van der Waals surface area contributed by atoms with E-state index < -0.39 is 29.0 Å². The van der Waals surface area contributed by atoms with E-state index in [2.05, 4.69) is 26.2 Å². The summed E-state index contributed by atoms with van der Waals surface area (Å²) in [7, 11) is 1.45. The number of amides is 3. The predicted octanol–water partition coefficient (Wildman–Crippen LogP) is 5.20. The molecule has 1 fully saturated rings. The Kier molecular flexibility index (Phi) is 9.02. The van der Waals surface area contributed by atoms with Gasteiger partial charge in [-0.05, 0) is 73.2 Å². The number of halogens is 1. The van der Waals surface area contributed by atoms with E-state index in [1.165, 1.54) is 23.8 Å². The Morgan fingerprint density at radius 3 is 2.41 bits per heavy atom. The molecule has 4 aromatic rings. The third-order valence-corrected chi connectivity index (χ3v) is 10.4. The van der Waals surface area contributed by atoms with Gasteiger partial charge < -0.3 is 24.5 Å². The van der Waals surface area contributed by atoms with E-state index in [9.17, 15) is 24.0 Å². The summed E-state index contributed by atoms with van der Waals surface area (Å²) in [5.74, 6) is -2.37. The number of H-pyrrole nitrogens is 1. The lowest BCUT2D eigenvalue weighted by atomic mass is 9.83. The highest BCUT2D eigenvalue weighted by molar-refractivity contribution is 9.10. The third kappa shape index (κ3) is 6.07. The number of ether oxygens (including phenoxy) is 3. The number of imide groups is 1. The average Bonchev–Trinajstić information content (AvgIpc) is 3.54. The lowest BCUT2D eigenvalue weighted by molar-refractivity contribution is -0.122. The quantitative estimate of drug-likeness (QED) is 0.176. The molecule has 3 amide bonds. The maximum atomic E-state index is 13.9. The maximum absolute atomic E-state index is 13.9. The summed E-state index contributed by atoms with van der Waals surface area (Å²) < 4.78 is 17.2. The molecule has 11 nitrogen and oxygen atoms in total. The minimum absolute atomic E-state index is 0.262. The van der Waals surface area contributed by atoms with Crippen LogP contribution in [0.15, 0.2) is 81.0 Å². The summed E-state index contributed by atoms with van der Waals surface area (Å²) in [5, 5.41) is 2.53. The molecular weight excluding hydrogens is 698 g/mol. The number of aromatic nitrogens is 1. The molecule has 3 aromatic carbocycles. The van der Waals surface area contributed by atoms with Crippen molar-refractivity contribution < 1.29 is 33.4 Å². The standard InChI is InChI=1S/C32H26BrN3O8S2/c1-3-43-31(40)16-4-9-19(10-5-16)34-23(37)15-44-21-13-6-17(14-22(21)42-2)24-25-27(45-28-26(24)46-32(41)35-28)30(39)36(29(25)38)20-11-7-18(33)8-12-20/h4-14,24-25,27H,3,15H2,1-2H3,(H,34,37)(H,35,41)/t24-,25?,27?/m1/s1. The lowest BCUT2D eigenvalue weighted by Gasteiger charge is -2.30. The number of rotatable bonds is 9. The first-order chi connectivity index (χ1) is 22.2. The molecule has 0 saturated carbocycles. The summed E-state index contributed by atoms with van der Waals surface area (Å²) in [4.78, 5) is 68.9. The van der Waals surface area contributed by atoms with Gasteiger partial charge in [0.15, 0.2) is 18.1 Å². The zero-order chi connectivity index (χ0) is 32.5. The SMILES string of the molecule is CCOC(=O)c1ccc(NC(=O)COc2ccc([C@H]3c4sc(=O)[nH]c4SC4C(=O)N(c5ccc(Br)cc5)C(=O)C43)cc2OC)cc1. The van der Waals surface area contributed by atoms with Crippen LogP contribution in [0, 0.1) is 5.92 Å². The Labute approximate surface area is 279 Å². The fraction of sp³-hybridized carbons (Fsp3) is 0.219. The number of carbonyl (C=O) groups excluding carboxylic acids is 4. The number of aromatic amines is 1. The van der Waals surface area contributed by atoms with Gasteiger partial charge in [0.05, 0.1) is 35.9 Å². The Morgan fingerprint density at radius 2 is 1.72 bits per heavy atom. The topological polar surface area (TPSA) is 144 Å². The Hall–Kier alpha value is -4.40. The molecule has 0 bridgehead atoms. The molecule has 3 atom stereocenters. The van der Waals surface area contributed by atoms with Gasteiger partial charge in [-0.2, -0.15) is 0 Å². The summed E-state index contributed by atoms with van der Waals surface area (Å²) in [6.07, 6.45) is 0. The van der Waals surface area contributed by atoms with Gasteiger partial charge in [-0.15, -0.1) is 0 Å². The van der Waals surface area contributed by atoms with Crippen molar-refractivity contribution in [2.24, 2.45) is 5.92 Å². The summed E-state index contributed by atoms with van der Waals surface area (Å²) in [5.41, 5.74) is 1.97. The van der Waals surface area contributed by atoms with Gasteiger partial charge in [0.25, 0.3) is 5.91 Å². The first-order valence-electron chi connectivity index (χ1n) is 14.1. The monoisotopic (exact) mass is 723 g/mol. The van der Waals surface area contributed by atoms with Gasteiger partial charge in [0.2, 0.25) is 11.8 Å². The van der Waals surface area contributed by atoms with Crippen molar-refractivity contribution in [2.75, 3.05) is 30.5 Å². The molecular formula is C32H26BrN3O8S2. The molecule has 6 rings (SSSR count). The van der Waals surface area contributed by atoms with E-state index in [0.717, 1.165) is 15.8 Å². The molecule has 14 heteroatoms. The maximum Gasteiger partial charge on any atom is 0.338 e. The van der Waals surface area contributed by atoms with E-state index >= 15 is 0 Å². The second-order valence-electron chi connectivity index (χ2n) is 10.3. The highest BCUT2D eigenvalue weighted by Crippen LogP contribution is 2.53. The highest BCUT2D eigenvalue weighted by Gasteiger charge is 2.56. The Balaban J connectivity index is 1.22. The molecule has 2 unspecified atom stereocenters. The number of thioether (sulfide) groups is 1. The molecule has 0 aliphatic carbocycles. The van der Waals surface area contributed by atoms with Crippen molar-refractivity contribution in [1.82, 2.24) is 4.98 Å². The van der Waals surface area contributed by atoms with Crippen LogP contribution in [0.4, 0.5) is 11.4 Å². The van der Waals surface area contributed by atoms with Gasteiger partial charge in [-0.1, -0.05) is 45.1 Å². The van der Waals surface area contributed by atoms with Crippen molar-refractivity contribution >= 4 is 74.1 Å². The van der Waals surface area contributed by atoms with Crippen molar-refractivity contribution in [3.63, 3.8) is 0 Å². The molecule has 1 aromatic heterocycles. The van der Waals surface area contributed by atoms with E-state index in [-0.39, 0.29) is 35.7 Å². The molecule has 2 aliphatic rings. The van der Waals surface area contributed by atoms with E-state index in [0.29, 0.717) is 38.2 Å². The Bertz CT molecular complexity index is 1890. The minimum atomic E-state index is -0.766. The fourth-order valence-electron chi connectivity index (χ4n) is 5.46. The lowest BCUT2D eigenvalue weighted by Crippen LogP contribution is -2.32. The van der Waals surface area contributed by atoms with Gasteiger partial charge in [-0.25, -0.2) is 9.69 Å². The summed E-state index contributed by atoms with van der Waals surface area (Å²) in [6, 6.07) is 18.3. The summed E-state index contributed by atoms with van der Waals surface area (Å²) in [6.45, 7) is 1.65. The van der Waals surface area contributed by atoms with E-state index in [4.69, 9.17) is 14.2 Å². The number of carbonyl (C=O) groups is 4. The zero-order valence-corrected chi connectivity index (χ0v) is 27.6.